The van der Waals surface area contributed by atoms with Crippen molar-refractivity contribution in [2.75, 3.05) is 13.2 Å². The first-order chi connectivity index (χ1) is 13.9. The van der Waals surface area contributed by atoms with Gasteiger partial charge in [0.1, 0.15) is 24.2 Å². The van der Waals surface area contributed by atoms with Gasteiger partial charge in [-0.25, -0.2) is 9.07 Å². The molecule has 0 saturated heterocycles. The molecule has 4 rings (SSSR count). The van der Waals surface area contributed by atoms with Gasteiger partial charge in [-0.3, -0.25) is 4.79 Å². The number of benzene rings is 2. The molecule has 1 aliphatic heterocycles. The first-order valence-electron chi connectivity index (χ1n) is 8.81. The normalized spacial score (nSPS) is 12.7. The van der Waals surface area contributed by atoms with E-state index in [-0.39, 0.29) is 29.0 Å². The molecular formula is C20H16Cl2FN3O3. The van der Waals surface area contributed by atoms with Crippen LogP contribution in [0.5, 0.6) is 11.5 Å². The van der Waals surface area contributed by atoms with Crippen LogP contribution in [0.2, 0.25) is 10.2 Å². The first-order valence-corrected chi connectivity index (χ1v) is 9.57. The van der Waals surface area contributed by atoms with Crippen molar-refractivity contribution in [1.29, 1.82) is 0 Å². The lowest BCUT2D eigenvalue weighted by atomic mass is 10.1. The number of carbonyl (C=O) groups excluding carboxylic acids is 1. The topological polar surface area (TPSA) is 65.4 Å². The number of aromatic nitrogens is 2. The fourth-order valence-electron chi connectivity index (χ4n) is 3.05. The van der Waals surface area contributed by atoms with Crippen LogP contribution in [0, 0.1) is 12.7 Å². The summed E-state index contributed by atoms with van der Waals surface area (Å²) in [5.41, 5.74) is 2.01. The van der Waals surface area contributed by atoms with Crippen molar-refractivity contribution in [2.24, 2.45) is 0 Å². The van der Waals surface area contributed by atoms with Crippen LogP contribution in [0.3, 0.4) is 0 Å². The van der Waals surface area contributed by atoms with Crippen molar-refractivity contribution >= 4 is 29.1 Å². The third-order valence-corrected chi connectivity index (χ3v) is 5.04. The maximum atomic E-state index is 13.2. The number of hydrogen-bond acceptors (Lipinski definition) is 4. The average Bonchev–Trinajstić information content (AvgIpc) is 3.01. The zero-order valence-corrected chi connectivity index (χ0v) is 16.9. The summed E-state index contributed by atoms with van der Waals surface area (Å²) in [6.07, 6.45) is 0. The van der Waals surface area contributed by atoms with Crippen LogP contribution >= 0.6 is 23.2 Å². The van der Waals surface area contributed by atoms with E-state index >= 15 is 0 Å². The molecule has 0 spiro atoms. The summed E-state index contributed by atoms with van der Waals surface area (Å²) in [5.74, 6) is 0.301. The van der Waals surface area contributed by atoms with Crippen LogP contribution in [-0.4, -0.2) is 28.9 Å². The minimum atomic E-state index is -0.383. The predicted octanol–water partition coefficient (Wildman–Crippen LogP) is 4.33. The number of rotatable bonds is 4. The molecule has 0 aliphatic carbocycles. The summed E-state index contributed by atoms with van der Waals surface area (Å²) in [5, 5.41) is 7.68. The molecule has 6 nitrogen and oxygen atoms in total. The Balaban J connectivity index is 1.53. The molecule has 2 aromatic carbocycles. The number of fused-ring (bicyclic) bond motifs is 1. The van der Waals surface area contributed by atoms with E-state index < -0.39 is 0 Å². The van der Waals surface area contributed by atoms with Gasteiger partial charge >= 0.3 is 0 Å². The first kappa shape index (κ1) is 19.5. The second-order valence-corrected chi connectivity index (χ2v) is 7.19. The molecule has 1 aromatic heterocycles. The smallest absolute Gasteiger partial charge is 0.256 e. The fraction of sp³-hybridized carbons (Fsp3) is 0.200. The van der Waals surface area contributed by atoms with Gasteiger partial charge in [-0.15, -0.1) is 0 Å². The van der Waals surface area contributed by atoms with E-state index in [4.69, 9.17) is 32.7 Å². The van der Waals surface area contributed by atoms with Gasteiger partial charge in [0.05, 0.1) is 22.0 Å². The lowest BCUT2D eigenvalue weighted by Gasteiger charge is -2.20. The van der Waals surface area contributed by atoms with E-state index in [0.717, 1.165) is 5.56 Å². The third kappa shape index (κ3) is 3.88. The Morgan fingerprint density at radius 3 is 2.69 bits per heavy atom. The Morgan fingerprint density at radius 2 is 1.93 bits per heavy atom. The molecule has 9 heteroatoms. The van der Waals surface area contributed by atoms with Crippen molar-refractivity contribution in [3.63, 3.8) is 0 Å². The maximum absolute atomic E-state index is 13.2. The number of aryl methyl sites for hydroxylation is 1. The van der Waals surface area contributed by atoms with Gasteiger partial charge in [0, 0.05) is 6.54 Å². The highest BCUT2D eigenvalue weighted by molar-refractivity contribution is 6.33. The van der Waals surface area contributed by atoms with Crippen LogP contribution in [0.1, 0.15) is 21.6 Å². The number of carbonyl (C=O) groups is 1. The third-order valence-electron chi connectivity index (χ3n) is 4.41. The van der Waals surface area contributed by atoms with Crippen molar-refractivity contribution < 1.29 is 18.7 Å². The van der Waals surface area contributed by atoms with Gasteiger partial charge in [0.15, 0.2) is 11.5 Å². The molecule has 0 radical (unpaired) electrons. The van der Waals surface area contributed by atoms with Gasteiger partial charge in [-0.05, 0) is 48.9 Å². The van der Waals surface area contributed by atoms with E-state index in [2.05, 4.69) is 10.4 Å². The van der Waals surface area contributed by atoms with Gasteiger partial charge in [-0.2, -0.15) is 5.10 Å². The molecule has 0 bridgehead atoms. The Bertz CT molecular complexity index is 1080. The number of nitrogens with zero attached hydrogens (tertiary/aromatic N) is 2. The summed E-state index contributed by atoms with van der Waals surface area (Å²) in [7, 11) is 0. The van der Waals surface area contributed by atoms with Crippen molar-refractivity contribution in [1.82, 2.24) is 15.1 Å². The number of amides is 1. The molecule has 3 aromatic rings. The molecule has 1 aliphatic rings. The predicted molar refractivity (Wildman–Crippen MR) is 107 cm³/mol. The van der Waals surface area contributed by atoms with Crippen molar-refractivity contribution in [3.8, 4) is 17.2 Å². The summed E-state index contributed by atoms with van der Waals surface area (Å²) in [4.78, 5) is 12.7. The molecule has 1 amide bonds. The van der Waals surface area contributed by atoms with E-state index in [0.29, 0.717) is 41.1 Å². The van der Waals surface area contributed by atoms with Gasteiger partial charge in [0.2, 0.25) is 0 Å². The monoisotopic (exact) mass is 435 g/mol. The Hall–Kier alpha value is -2.77. The van der Waals surface area contributed by atoms with Gasteiger partial charge < -0.3 is 14.8 Å². The second kappa shape index (κ2) is 7.93. The molecule has 0 unspecified atom stereocenters. The van der Waals surface area contributed by atoms with E-state index in [9.17, 15) is 9.18 Å². The number of nitrogens with one attached hydrogen (secondary N) is 1. The van der Waals surface area contributed by atoms with Crippen LogP contribution in [0.15, 0.2) is 36.4 Å². The molecule has 150 valence electrons. The van der Waals surface area contributed by atoms with Gasteiger partial charge in [-0.1, -0.05) is 23.2 Å². The zero-order chi connectivity index (χ0) is 20.5. The molecular weight excluding hydrogens is 420 g/mol. The average molecular weight is 436 g/mol. The lowest BCUT2D eigenvalue weighted by molar-refractivity contribution is 0.0950. The van der Waals surface area contributed by atoms with Gasteiger partial charge in [0.25, 0.3) is 5.91 Å². The van der Waals surface area contributed by atoms with Crippen molar-refractivity contribution in [3.05, 3.63) is 69.2 Å². The summed E-state index contributed by atoms with van der Waals surface area (Å²) >= 11 is 12.6. The molecule has 2 heterocycles. The standard InChI is InChI=1S/C20H16Cl2FN3O3/c1-11-17(19(22)26(25-11)14-4-2-13(23)3-5-14)20(27)24-10-12-8-15(21)18-16(9-12)28-6-7-29-18/h2-5,8-9H,6-7,10H2,1H3,(H,24,27). The van der Waals surface area contributed by atoms with Crippen LogP contribution < -0.4 is 14.8 Å². The quantitative estimate of drug-likeness (QED) is 0.662. The van der Waals surface area contributed by atoms with Crippen LogP contribution in [0.4, 0.5) is 4.39 Å². The molecule has 1 N–H and O–H groups in total. The highest BCUT2D eigenvalue weighted by Gasteiger charge is 2.22. The highest BCUT2D eigenvalue weighted by atomic mass is 35.5. The van der Waals surface area contributed by atoms with E-state index in [1.165, 1.54) is 28.9 Å². The maximum Gasteiger partial charge on any atom is 0.256 e. The lowest BCUT2D eigenvalue weighted by Crippen LogP contribution is -2.24. The minimum absolute atomic E-state index is 0.145. The Morgan fingerprint density at radius 1 is 1.21 bits per heavy atom. The number of halogens is 3. The largest absolute Gasteiger partial charge is 0.486 e. The van der Waals surface area contributed by atoms with E-state index in [1.54, 1.807) is 19.1 Å². The second-order valence-electron chi connectivity index (χ2n) is 6.42. The zero-order valence-electron chi connectivity index (χ0n) is 15.3. The molecule has 0 saturated carbocycles. The fourth-order valence-corrected chi connectivity index (χ4v) is 3.69. The van der Waals surface area contributed by atoms with Crippen LogP contribution in [0.25, 0.3) is 5.69 Å². The Labute approximate surface area is 176 Å². The van der Waals surface area contributed by atoms with Crippen LogP contribution in [-0.2, 0) is 6.54 Å². The summed E-state index contributed by atoms with van der Waals surface area (Å²) in [6.45, 7) is 2.78. The molecule has 29 heavy (non-hydrogen) atoms. The highest BCUT2D eigenvalue weighted by Crippen LogP contribution is 2.38. The number of hydrogen-bond donors (Lipinski definition) is 1. The Kier molecular flexibility index (Phi) is 5.34. The summed E-state index contributed by atoms with van der Waals surface area (Å²) < 4.78 is 25.6. The van der Waals surface area contributed by atoms with E-state index in [1.807, 2.05) is 0 Å². The van der Waals surface area contributed by atoms with Crippen molar-refractivity contribution in [2.45, 2.75) is 13.5 Å². The minimum Gasteiger partial charge on any atom is -0.486 e. The molecule has 0 atom stereocenters. The summed E-state index contributed by atoms with van der Waals surface area (Å²) in [6, 6.07) is 9.16. The molecule has 0 fully saturated rings. The SMILES string of the molecule is Cc1nn(-c2ccc(F)cc2)c(Cl)c1C(=O)NCc1cc(Cl)c2c(c1)OCCO2. The number of ether oxygens (including phenoxy) is 2.